The Morgan fingerprint density at radius 1 is 1.45 bits per heavy atom. The van der Waals surface area contributed by atoms with E-state index in [2.05, 4.69) is 11.4 Å². The Labute approximate surface area is 120 Å². The summed E-state index contributed by atoms with van der Waals surface area (Å²) in [7, 11) is 0. The van der Waals surface area contributed by atoms with E-state index in [0.29, 0.717) is 26.1 Å². The topological polar surface area (TPSA) is 69.6 Å². The van der Waals surface area contributed by atoms with Gasteiger partial charge in [-0.05, 0) is 39.0 Å². The second-order valence-corrected chi connectivity index (χ2v) is 6.23. The van der Waals surface area contributed by atoms with Crippen molar-refractivity contribution in [3.63, 3.8) is 0 Å². The second kappa shape index (κ2) is 5.85. The predicted octanol–water partition coefficient (Wildman–Crippen LogP) is 2.24. The average molecular weight is 280 g/mol. The van der Waals surface area contributed by atoms with Crippen LogP contribution in [0.1, 0.15) is 39.5 Å². The summed E-state index contributed by atoms with van der Waals surface area (Å²) >= 11 is 0. The number of allylic oxidation sites excluding steroid dienone is 1. The number of nitrogens with one attached hydrogen (secondary N) is 1. The minimum atomic E-state index is -0.736. The van der Waals surface area contributed by atoms with Crippen molar-refractivity contribution >= 4 is 12.0 Å². The molecule has 1 saturated carbocycles. The molecule has 0 spiro atoms. The van der Waals surface area contributed by atoms with E-state index in [0.717, 1.165) is 19.3 Å². The zero-order chi connectivity index (χ0) is 14.8. The fourth-order valence-corrected chi connectivity index (χ4v) is 3.45. The van der Waals surface area contributed by atoms with E-state index >= 15 is 0 Å². The molecule has 5 heteroatoms. The molecule has 1 aliphatic heterocycles. The molecule has 20 heavy (non-hydrogen) atoms. The Morgan fingerprint density at radius 3 is 2.80 bits per heavy atom. The minimum absolute atomic E-state index is 0.123. The normalized spacial score (nSPS) is 28.1. The number of rotatable bonds is 4. The molecule has 1 heterocycles. The summed E-state index contributed by atoms with van der Waals surface area (Å²) in [4.78, 5) is 25.3. The van der Waals surface area contributed by atoms with Gasteiger partial charge in [0.15, 0.2) is 0 Å². The highest BCUT2D eigenvalue weighted by Crippen LogP contribution is 2.48. The summed E-state index contributed by atoms with van der Waals surface area (Å²) < 4.78 is 0. The smallest absolute Gasteiger partial charge is 0.317 e. The van der Waals surface area contributed by atoms with Crippen molar-refractivity contribution in [3.8, 4) is 0 Å². The number of urea groups is 1. The van der Waals surface area contributed by atoms with Gasteiger partial charge < -0.3 is 15.3 Å². The molecular weight excluding hydrogens is 256 g/mol. The van der Waals surface area contributed by atoms with Crippen molar-refractivity contribution in [2.45, 2.75) is 39.5 Å². The number of fused-ring (bicyclic) bond motifs is 1. The maximum absolute atomic E-state index is 12.1. The molecule has 2 amide bonds. The highest BCUT2D eigenvalue weighted by atomic mass is 16.4. The third kappa shape index (κ3) is 2.81. The van der Waals surface area contributed by atoms with Crippen molar-refractivity contribution in [1.29, 1.82) is 0 Å². The fraction of sp³-hybridized carbons (Fsp3) is 0.733. The summed E-state index contributed by atoms with van der Waals surface area (Å²) in [5.41, 5.74) is 0.553. The molecule has 0 unspecified atom stereocenters. The number of carboxylic acids is 1. The number of hydrogen-bond donors (Lipinski definition) is 2. The molecule has 1 aliphatic carbocycles. The molecule has 0 bridgehead atoms. The molecule has 0 aromatic heterocycles. The molecule has 5 nitrogen and oxygen atoms in total. The first-order chi connectivity index (χ1) is 9.45. The number of amides is 2. The molecule has 0 radical (unpaired) electrons. The van der Waals surface area contributed by atoms with E-state index in [4.69, 9.17) is 0 Å². The Morgan fingerprint density at radius 2 is 2.20 bits per heavy atom. The monoisotopic (exact) mass is 280 g/mol. The van der Waals surface area contributed by atoms with Crippen molar-refractivity contribution in [1.82, 2.24) is 10.2 Å². The van der Waals surface area contributed by atoms with Gasteiger partial charge in [-0.15, -0.1) is 0 Å². The van der Waals surface area contributed by atoms with Crippen molar-refractivity contribution < 1.29 is 14.7 Å². The van der Waals surface area contributed by atoms with Crippen molar-refractivity contribution in [3.05, 3.63) is 11.6 Å². The maximum Gasteiger partial charge on any atom is 0.317 e. The van der Waals surface area contributed by atoms with E-state index < -0.39 is 11.4 Å². The maximum atomic E-state index is 12.1. The first kappa shape index (κ1) is 14.9. The van der Waals surface area contributed by atoms with Gasteiger partial charge in [-0.25, -0.2) is 4.79 Å². The van der Waals surface area contributed by atoms with Crippen LogP contribution in [0.15, 0.2) is 11.6 Å². The van der Waals surface area contributed by atoms with Gasteiger partial charge in [0.1, 0.15) is 0 Å². The van der Waals surface area contributed by atoms with Crippen LogP contribution in [0.4, 0.5) is 4.79 Å². The second-order valence-electron chi connectivity index (χ2n) is 6.23. The van der Waals surface area contributed by atoms with Gasteiger partial charge in [-0.2, -0.15) is 0 Å². The van der Waals surface area contributed by atoms with Gasteiger partial charge in [0.05, 0.1) is 5.41 Å². The van der Waals surface area contributed by atoms with Gasteiger partial charge in [0, 0.05) is 19.6 Å². The van der Waals surface area contributed by atoms with E-state index in [1.54, 1.807) is 4.90 Å². The fourth-order valence-electron chi connectivity index (χ4n) is 3.45. The first-order valence-electron chi connectivity index (χ1n) is 7.35. The Hall–Kier alpha value is -1.52. The van der Waals surface area contributed by atoms with Crippen LogP contribution in [0.5, 0.6) is 0 Å². The molecule has 0 aromatic rings. The number of carboxylic acid groups (broad SMARTS) is 1. The lowest BCUT2D eigenvalue weighted by Gasteiger charge is -2.23. The first-order valence-corrected chi connectivity index (χ1v) is 7.35. The summed E-state index contributed by atoms with van der Waals surface area (Å²) in [6.07, 6.45) is 5.49. The Bertz CT molecular complexity index is 429. The molecule has 112 valence electrons. The molecule has 2 aliphatic rings. The largest absolute Gasteiger partial charge is 0.481 e. The summed E-state index contributed by atoms with van der Waals surface area (Å²) in [5.74, 6) is -0.608. The van der Waals surface area contributed by atoms with Crippen molar-refractivity contribution in [2.24, 2.45) is 11.3 Å². The quantitative estimate of drug-likeness (QED) is 0.613. The number of carbonyl (C=O) groups excluding carboxylic acids is 1. The number of carbonyl (C=O) groups is 2. The van der Waals surface area contributed by atoms with Gasteiger partial charge in [0.25, 0.3) is 0 Å². The molecule has 0 aromatic carbocycles. The lowest BCUT2D eigenvalue weighted by Crippen LogP contribution is -2.41. The van der Waals surface area contributed by atoms with Crippen LogP contribution in [-0.2, 0) is 4.79 Å². The molecule has 2 atom stereocenters. The molecule has 2 N–H and O–H groups in total. The molecule has 2 rings (SSSR count). The third-order valence-electron chi connectivity index (χ3n) is 4.56. The zero-order valence-corrected chi connectivity index (χ0v) is 12.3. The van der Waals surface area contributed by atoms with Crippen LogP contribution in [-0.4, -0.2) is 41.6 Å². The van der Waals surface area contributed by atoms with Crippen LogP contribution in [0, 0.1) is 11.3 Å². The lowest BCUT2D eigenvalue weighted by molar-refractivity contribution is -0.149. The summed E-state index contributed by atoms with van der Waals surface area (Å²) in [6.45, 7) is 5.60. The van der Waals surface area contributed by atoms with E-state index in [-0.39, 0.29) is 11.9 Å². The molecule has 2 fully saturated rings. The van der Waals surface area contributed by atoms with Crippen molar-refractivity contribution in [2.75, 3.05) is 19.6 Å². The Kier molecular flexibility index (Phi) is 4.35. The predicted molar refractivity (Wildman–Crippen MR) is 76.4 cm³/mol. The van der Waals surface area contributed by atoms with E-state index in [1.165, 1.54) is 5.57 Å². The van der Waals surface area contributed by atoms with Crippen LogP contribution < -0.4 is 5.32 Å². The van der Waals surface area contributed by atoms with Gasteiger partial charge in [-0.1, -0.05) is 18.1 Å². The van der Waals surface area contributed by atoms with Crippen LogP contribution >= 0.6 is 0 Å². The number of hydrogen-bond acceptors (Lipinski definition) is 2. The zero-order valence-electron chi connectivity index (χ0n) is 12.3. The highest BCUT2D eigenvalue weighted by molar-refractivity contribution is 5.80. The van der Waals surface area contributed by atoms with Gasteiger partial charge in [0.2, 0.25) is 0 Å². The highest BCUT2D eigenvalue weighted by Gasteiger charge is 2.55. The summed E-state index contributed by atoms with van der Waals surface area (Å²) in [5, 5.41) is 12.4. The van der Waals surface area contributed by atoms with Crippen LogP contribution in [0.3, 0.4) is 0 Å². The van der Waals surface area contributed by atoms with Gasteiger partial charge in [-0.3, -0.25) is 4.79 Å². The minimum Gasteiger partial charge on any atom is -0.481 e. The Balaban J connectivity index is 1.87. The lowest BCUT2D eigenvalue weighted by atomic mass is 9.81. The standard InChI is InChI=1S/C15H24N2O3/c1-11(2)5-4-8-16-14(20)17-9-12-6-3-7-15(12,10-17)13(18)19/h5,12H,3-4,6-10H2,1-2H3,(H,16,20)(H,18,19)/t12-,15+/m0/s1. The molecular formula is C15H24N2O3. The SMILES string of the molecule is CC(C)=CCCNC(=O)N1C[C@@H]2CCC[C@@]2(C(=O)O)C1. The molecule has 1 saturated heterocycles. The number of aliphatic carboxylic acids is 1. The van der Waals surface area contributed by atoms with Gasteiger partial charge >= 0.3 is 12.0 Å². The van der Waals surface area contributed by atoms with Crippen LogP contribution in [0.25, 0.3) is 0 Å². The van der Waals surface area contributed by atoms with Crippen LogP contribution in [0.2, 0.25) is 0 Å². The number of nitrogens with zero attached hydrogens (tertiary/aromatic N) is 1. The third-order valence-corrected chi connectivity index (χ3v) is 4.56. The van der Waals surface area contributed by atoms with E-state index in [1.807, 2.05) is 13.8 Å². The van der Waals surface area contributed by atoms with E-state index in [9.17, 15) is 14.7 Å². The summed E-state index contributed by atoms with van der Waals surface area (Å²) in [6, 6.07) is -0.123. The number of likely N-dealkylation sites (tertiary alicyclic amines) is 1. The average Bonchev–Trinajstić information content (AvgIpc) is 2.91.